The van der Waals surface area contributed by atoms with Gasteiger partial charge >= 0.3 is 5.97 Å². The molecular formula is C18H24ClN3O4. The predicted molar refractivity (Wildman–Crippen MR) is 101 cm³/mol. The van der Waals surface area contributed by atoms with Crippen LogP contribution in [0.3, 0.4) is 0 Å². The summed E-state index contributed by atoms with van der Waals surface area (Å²) < 4.78 is 4.89. The van der Waals surface area contributed by atoms with E-state index in [0.717, 1.165) is 5.56 Å². The van der Waals surface area contributed by atoms with E-state index in [1.807, 2.05) is 0 Å². The highest BCUT2D eigenvalue weighted by atomic mass is 35.5. The Bertz CT molecular complexity index is 704. The number of benzene rings is 1. The maximum Gasteiger partial charge on any atom is 0.314 e. The lowest BCUT2D eigenvalue weighted by atomic mass is 10.1. The highest BCUT2D eigenvalue weighted by Crippen LogP contribution is 2.23. The molecule has 0 saturated carbocycles. The van der Waals surface area contributed by atoms with E-state index in [0.29, 0.717) is 16.4 Å². The first-order valence-corrected chi connectivity index (χ1v) is 8.68. The van der Waals surface area contributed by atoms with E-state index in [2.05, 4.69) is 15.8 Å². The standard InChI is InChI=1S/C18H24ClN3O4/c1-5-26-18(25)11(2)13(4)21-22-17(24)10-9-16(23)20-15-8-6-7-14(19)12(15)3/h6-8,11H,5,9-10H2,1-4H3,(H,20,23)(H,22,24)/b21-13-. The van der Waals surface area contributed by atoms with E-state index in [1.54, 1.807) is 45.9 Å². The molecule has 0 bridgehead atoms. The van der Waals surface area contributed by atoms with Crippen molar-refractivity contribution in [3.63, 3.8) is 0 Å². The minimum atomic E-state index is -0.552. The van der Waals surface area contributed by atoms with Crippen LogP contribution in [-0.2, 0) is 19.1 Å². The quantitative estimate of drug-likeness (QED) is 0.411. The van der Waals surface area contributed by atoms with Gasteiger partial charge in [-0.25, -0.2) is 5.43 Å². The number of carbonyl (C=O) groups excluding carboxylic acids is 3. The molecule has 0 radical (unpaired) electrons. The van der Waals surface area contributed by atoms with Gasteiger partial charge in [0.2, 0.25) is 11.8 Å². The highest BCUT2D eigenvalue weighted by Gasteiger charge is 2.17. The first-order valence-electron chi connectivity index (χ1n) is 8.30. The van der Waals surface area contributed by atoms with Gasteiger partial charge in [0.05, 0.1) is 12.5 Å². The number of nitrogens with one attached hydrogen (secondary N) is 2. The summed E-state index contributed by atoms with van der Waals surface area (Å²) in [5.74, 6) is -1.67. The second-order valence-electron chi connectivity index (χ2n) is 5.72. The molecular weight excluding hydrogens is 358 g/mol. The van der Waals surface area contributed by atoms with E-state index in [9.17, 15) is 14.4 Å². The molecule has 1 atom stereocenters. The SMILES string of the molecule is CCOC(=O)C(C)/C(C)=N\NC(=O)CCC(=O)Nc1cccc(Cl)c1C. The van der Waals surface area contributed by atoms with Gasteiger partial charge in [-0.1, -0.05) is 17.7 Å². The number of hydrogen-bond donors (Lipinski definition) is 2. The smallest absolute Gasteiger partial charge is 0.314 e. The fraction of sp³-hybridized carbons (Fsp3) is 0.444. The summed E-state index contributed by atoms with van der Waals surface area (Å²) in [5, 5.41) is 7.16. The number of amides is 2. The Morgan fingerprint density at radius 1 is 1.23 bits per heavy atom. The Kier molecular flexibility index (Phi) is 8.78. The van der Waals surface area contributed by atoms with Crippen LogP contribution in [0.4, 0.5) is 5.69 Å². The zero-order chi connectivity index (χ0) is 19.7. The zero-order valence-electron chi connectivity index (χ0n) is 15.4. The third kappa shape index (κ3) is 6.84. The normalized spacial score (nSPS) is 12.3. The molecule has 1 aromatic carbocycles. The average molecular weight is 382 g/mol. The fourth-order valence-corrected chi connectivity index (χ4v) is 2.10. The Labute approximate surface area is 158 Å². The number of carbonyl (C=O) groups is 3. The predicted octanol–water partition coefficient (Wildman–Crippen LogP) is 3.06. The van der Waals surface area contributed by atoms with Crippen LogP contribution in [0.25, 0.3) is 0 Å². The van der Waals surface area contributed by atoms with Crippen molar-refractivity contribution in [1.82, 2.24) is 5.43 Å². The molecule has 2 amide bonds. The van der Waals surface area contributed by atoms with Gasteiger partial charge in [0, 0.05) is 29.3 Å². The van der Waals surface area contributed by atoms with Gasteiger partial charge in [0.25, 0.3) is 0 Å². The molecule has 8 heteroatoms. The second-order valence-corrected chi connectivity index (χ2v) is 6.13. The highest BCUT2D eigenvalue weighted by molar-refractivity contribution is 6.31. The molecule has 1 aromatic rings. The maximum atomic E-state index is 12.0. The number of rotatable bonds is 8. The van der Waals surface area contributed by atoms with Crippen molar-refractivity contribution in [1.29, 1.82) is 0 Å². The Hall–Kier alpha value is -2.41. The van der Waals surface area contributed by atoms with Gasteiger partial charge in [-0.15, -0.1) is 0 Å². The second kappa shape index (κ2) is 10.6. The summed E-state index contributed by atoms with van der Waals surface area (Å²) >= 11 is 6.00. The van der Waals surface area contributed by atoms with E-state index in [-0.39, 0.29) is 25.4 Å². The van der Waals surface area contributed by atoms with Gasteiger partial charge < -0.3 is 10.1 Å². The Morgan fingerprint density at radius 3 is 2.54 bits per heavy atom. The van der Waals surface area contributed by atoms with Crippen molar-refractivity contribution in [3.05, 3.63) is 28.8 Å². The topological polar surface area (TPSA) is 96.9 Å². The van der Waals surface area contributed by atoms with Crippen molar-refractivity contribution in [2.24, 2.45) is 11.0 Å². The molecule has 26 heavy (non-hydrogen) atoms. The van der Waals surface area contributed by atoms with Crippen molar-refractivity contribution in [2.45, 2.75) is 40.5 Å². The van der Waals surface area contributed by atoms with Crippen LogP contribution in [-0.4, -0.2) is 30.1 Å². The first-order chi connectivity index (χ1) is 12.3. The van der Waals surface area contributed by atoms with Crippen molar-refractivity contribution < 1.29 is 19.1 Å². The fourth-order valence-electron chi connectivity index (χ4n) is 1.92. The zero-order valence-corrected chi connectivity index (χ0v) is 16.1. The Morgan fingerprint density at radius 2 is 1.88 bits per heavy atom. The molecule has 0 saturated heterocycles. The van der Waals surface area contributed by atoms with E-state index in [1.165, 1.54) is 0 Å². The lowest BCUT2D eigenvalue weighted by molar-refractivity contribution is -0.145. The summed E-state index contributed by atoms with van der Waals surface area (Å²) in [6, 6.07) is 5.21. The molecule has 0 fully saturated rings. The number of esters is 1. The lowest BCUT2D eigenvalue weighted by Crippen LogP contribution is -2.26. The monoisotopic (exact) mass is 381 g/mol. The molecule has 7 nitrogen and oxygen atoms in total. The van der Waals surface area contributed by atoms with Crippen molar-refractivity contribution >= 4 is 40.8 Å². The molecule has 0 aliphatic heterocycles. The number of hydrogen-bond acceptors (Lipinski definition) is 5. The number of anilines is 1. The number of hydrazone groups is 1. The average Bonchev–Trinajstić information content (AvgIpc) is 2.61. The summed E-state index contributed by atoms with van der Waals surface area (Å²) in [5.41, 5.74) is 4.14. The molecule has 0 aliphatic rings. The van der Waals surface area contributed by atoms with Gasteiger partial charge in [0.1, 0.15) is 0 Å². The number of halogens is 1. The van der Waals surface area contributed by atoms with Crippen molar-refractivity contribution in [3.8, 4) is 0 Å². The van der Waals surface area contributed by atoms with Crippen molar-refractivity contribution in [2.75, 3.05) is 11.9 Å². The molecule has 0 aromatic heterocycles. The first kappa shape index (κ1) is 21.6. The third-order valence-electron chi connectivity index (χ3n) is 3.74. The van der Waals surface area contributed by atoms with Gasteiger partial charge in [0.15, 0.2) is 0 Å². The van der Waals surface area contributed by atoms with Gasteiger partial charge in [-0.05, 0) is 45.4 Å². The third-order valence-corrected chi connectivity index (χ3v) is 4.15. The molecule has 0 aliphatic carbocycles. The Balaban J connectivity index is 2.46. The summed E-state index contributed by atoms with van der Waals surface area (Å²) in [4.78, 5) is 35.4. The summed E-state index contributed by atoms with van der Waals surface area (Å²) in [6.45, 7) is 7.06. The van der Waals surface area contributed by atoms with E-state index < -0.39 is 17.8 Å². The molecule has 2 N–H and O–H groups in total. The lowest BCUT2D eigenvalue weighted by Gasteiger charge is -2.10. The molecule has 0 spiro atoms. The molecule has 1 rings (SSSR count). The minimum absolute atomic E-state index is 0.000214. The van der Waals surface area contributed by atoms with Crippen LogP contribution in [0.2, 0.25) is 5.02 Å². The summed E-state index contributed by atoms with van der Waals surface area (Å²) in [6.07, 6.45) is -0.0319. The van der Waals surface area contributed by atoms with Crippen LogP contribution >= 0.6 is 11.6 Å². The van der Waals surface area contributed by atoms with E-state index >= 15 is 0 Å². The van der Waals surface area contributed by atoms with Crippen LogP contribution in [0.5, 0.6) is 0 Å². The van der Waals surface area contributed by atoms with Crippen LogP contribution in [0.1, 0.15) is 39.2 Å². The van der Waals surface area contributed by atoms with Crippen LogP contribution in [0.15, 0.2) is 23.3 Å². The molecule has 0 heterocycles. The largest absolute Gasteiger partial charge is 0.465 e. The number of nitrogens with zero attached hydrogens (tertiary/aromatic N) is 1. The van der Waals surface area contributed by atoms with Gasteiger partial charge in [-0.2, -0.15) is 5.10 Å². The van der Waals surface area contributed by atoms with E-state index in [4.69, 9.17) is 16.3 Å². The molecule has 1 unspecified atom stereocenters. The van der Waals surface area contributed by atoms with Crippen LogP contribution in [0, 0.1) is 12.8 Å². The van der Waals surface area contributed by atoms with Gasteiger partial charge in [-0.3, -0.25) is 14.4 Å². The number of ether oxygens (including phenoxy) is 1. The minimum Gasteiger partial charge on any atom is -0.465 e. The molecule has 142 valence electrons. The summed E-state index contributed by atoms with van der Waals surface area (Å²) in [7, 11) is 0. The van der Waals surface area contributed by atoms with Crippen LogP contribution < -0.4 is 10.7 Å². The maximum absolute atomic E-state index is 12.0.